The SMILES string of the molecule is COc1cc(Cl)c(C)c2c1N=C(c1cc(Cl)c3ccccc3c1O)C2=O. The number of carbonyl (C=O) groups is 1. The molecule has 0 aliphatic carbocycles. The van der Waals surface area contributed by atoms with Gasteiger partial charge in [-0.1, -0.05) is 47.5 Å². The Hall–Kier alpha value is -2.56. The van der Waals surface area contributed by atoms with Crippen molar-refractivity contribution in [3.8, 4) is 11.5 Å². The summed E-state index contributed by atoms with van der Waals surface area (Å²) in [6, 6.07) is 10.4. The third-order valence-corrected chi connectivity index (χ3v) is 5.27. The molecule has 4 nitrogen and oxygen atoms in total. The first-order valence-corrected chi connectivity index (χ1v) is 8.60. The summed E-state index contributed by atoms with van der Waals surface area (Å²) >= 11 is 12.6. The second-order valence-electron chi connectivity index (χ2n) is 6.00. The van der Waals surface area contributed by atoms with E-state index in [0.717, 1.165) is 0 Å². The van der Waals surface area contributed by atoms with Crippen LogP contribution in [0.5, 0.6) is 11.5 Å². The highest BCUT2D eigenvalue weighted by Gasteiger charge is 2.33. The van der Waals surface area contributed by atoms with Gasteiger partial charge in [0.1, 0.15) is 22.9 Å². The number of nitrogens with zero attached hydrogens (tertiary/aromatic N) is 1. The van der Waals surface area contributed by atoms with Crippen molar-refractivity contribution >= 4 is 51.2 Å². The fourth-order valence-corrected chi connectivity index (χ4v) is 3.68. The molecule has 1 aliphatic heterocycles. The van der Waals surface area contributed by atoms with E-state index < -0.39 is 0 Å². The second kappa shape index (κ2) is 6.01. The van der Waals surface area contributed by atoms with Crippen molar-refractivity contribution in [2.45, 2.75) is 6.92 Å². The molecule has 1 N–H and O–H groups in total. The van der Waals surface area contributed by atoms with Gasteiger partial charge in [0, 0.05) is 32.4 Å². The van der Waals surface area contributed by atoms with Crippen LogP contribution >= 0.6 is 23.2 Å². The molecule has 1 aliphatic rings. The molecule has 0 bridgehead atoms. The number of halogens is 2. The minimum atomic E-state index is -0.319. The molecular formula is C20H13Cl2NO3. The zero-order chi connectivity index (χ0) is 18.6. The monoisotopic (exact) mass is 385 g/mol. The Morgan fingerprint density at radius 3 is 2.46 bits per heavy atom. The molecule has 6 heteroatoms. The second-order valence-corrected chi connectivity index (χ2v) is 6.81. The minimum absolute atomic E-state index is 0.0346. The van der Waals surface area contributed by atoms with E-state index in [1.165, 1.54) is 7.11 Å². The van der Waals surface area contributed by atoms with Crippen LogP contribution in [0.1, 0.15) is 21.5 Å². The first kappa shape index (κ1) is 16.9. The molecular weight excluding hydrogens is 373 g/mol. The zero-order valence-corrected chi connectivity index (χ0v) is 15.4. The first-order chi connectivity index (χ1) is 12.4. The Kier molecular flexibility index (Phi) is 3.90. The van der Waals surface area contributed by atoms with Gasteiger partial charge in [-0.05, 0) is 18.6 Å². The maximum Gasteiger partial charge on any atom is 0.214 e. The summed E-state index contributed by atoms with van der Waals surface area (Å²) in [6.07, 6.45) is 0. The van der Waals surface area contributed by atoms with E-state index in [1.54, 1.807) is 37.3 Å². The van der Waals surface area contributed by atoms with E-state index in [2.05, 4.69) is 4.99 Å². The Balaban J connectivity index is 1.99. The number of ketones is 1. The fraction of sp³-hybridized carbons (Fsp3) is 0.100. The van der Waals surface area contributed by atoms with Crippen LogP contribution in [0.25, 0.3) is 10.8 Å². The highest BCUT2D eigenvalue weighted by molar-refractivity contribution is 6.56. The molecule has 0 amide bonds. The summed E-state index contributed by atoms with van der Waals surface area (Å²) in [6.45, 7) is 1.75. The van der Waals surface area contributed by atoms with Crippen molar-refractivity contribution in [1.29, 1.82) is 0 Å². The van der Waals surface area contributed by atoms with Gasteiger partial charge in [0.05, 0.1) is 12.7 Å². The van der Waals surface area contributed by atoms with Gasteiger partial charge in [0.15, 0.2) is 0 Å². The third-order valence-electron chi connectivity index (χ3n) is 4.57. The van der Waals surface area contributed by atoms with Gasteiger partial charge >= 0.3 is 0 Å². The lowest BCUT2D eigenvalue weighted by Gasteiger charge is -2.10. The Morgan fingerprint density at radius 2 is 1.77 bits per heavy atom. The summed E-state index contributed by atoms with van der Waals surface area (Å²) in [5.41, 5.74) is 1.82. The molecule has 3 aromatic rings. The van der Waals surface area contributed by atoms with Crippen molar-refractivity contribution in [2.75, 3.05) is 7.11 Å². The quantitative estimate of drug-likeness (QED) is 0.634. The van der Waals surface area contributed by atoms with E-state index in [0.29, 0.717) is 43.4 Å². The smallest absolute Gasteiger partial charge is 0.214 e. The molecule has 0 unspecified atom stereocenters. The highest BCUT2D eigenvalue weighted by atomic mass is 35.5. The number of hydrogen-bond donors (Lipinski definition) is 1. The highest BCUT2D eigenvalue weighted by Crippen LogP contribution is 2.44. The van der Waals surface area contributed by atoms with Crippen molar-refractivity contribution < 1.29 is 14.6 Å². The van der Waals surface area contributed by atoms with E-state index in [9.17, 15) is 9.90 Å². The van der Waals surface area contributed by atoms with Crippen molar-refractivity contribution in [3.63, 3.8) is 0 Å². The van der Waals surface area contributed by atoms with Gasteiger partial charge in [0.25, 0.3) is 0 Å². The van der Waals surface area contributed by atoms with Crippen molar-refractivity contribution in [3.05, 3.63) is 63.1 Å². The number of Topliss-reactive ketones (excluding diaryl/α,β-unsaturated/α-hetero) is 1. The number of carbonyl (C=O) groups excluding carboxylic acids is 1. The lowest BCUT2D eigenvalue weighted by atomic mass is 9.96. The molecule has 0 saturated heterocycles. The average molecular weight is 386 g/mol. The molecule has 4 rings (SSSR count). The number of aliphatic imine (C=N–C) groups is 1. The molecule has 1 heterocycles. The minimum Gasteiger partial charge on any atom is -0.507 e. The van der Waals surface area contributed by atoms with E-state index in [1.807, 2.05) is 6.07 Å². The van der Waals surface area contributed by atoms with Crippen LogP contribution in [0.4, 0.5) is 5.69 Å². The van der Waals surface area contributed by atoms with Crippen molar-refractivity contribution in [2.24, 2.45) is 4.99 Å². The van der Waals surface area contributed by atoms with Crippen molar-refractivity contribution in [1.82, 2.24) is 0 Å². The number of aromatic hydroxyl groups is 1. The van der Waals surface area contributed by atoms with E-state index in [-0.39, 0.29) is 22.8 Å². The number of benzene rings is 3. The van der Waals surface area contributed by atoms with Gasteiger partial charge in [-0.3, -0.25) is 4.79 Å². The number of phenols is 1. The van der Waals surface area contributed by atoms with Crippen LogP contribution in [0.2, 0.25) is 10.0 Å². The zero-order valence-electron chi connectivity index (χ0n) is 13.9. The molecule has 130 valence electrons. The van der Waals surface area contributed by atoms with Gasteiger partial charge in [-0.15, -0.1) is 0 Å². The Bertz CT molecular complexity index is 1140. The number of hydrogen-bond acceptors (Lipinski definition) is 4. The number of fused-ring (bicyclic) bond motifs is 2. The average Bonchev–Trinajstić information content (AvgIpc) is 2.99. The van der Waals surface area contributed by atoms with Crippen LogP contribution in [0.3, 0.4) is 0 Å². The lowest BCUT2D eigenvalue weighted by molar-refractivity contribution is 0.106. The predicted octanol–water partition coefficient (Wildman–Crippen LogP) is 5.49. The van der Waals surface area contributed by atoms with Crippen LogP contribution in [-0.2, 0) is 0 Å². The molecule has 0 aromatic heterocycles. The number of rotatable bonds is 2. The maximum absolute atomic E-state index is 13.0. The molecule has 3 aromatic carbocycles. The standard InChI is InChI=1S/C20H13Cl2NO3/c1-9-13(21)8-15(26-2)18-16(9)20(25)17(23-18)12-7-14(22)10-5-3-4-6-11(10)19(12)24/h3-8,24H,1-2H3. The third kappa shape index (κ3) is 2.30. The van der Waals surface area contributed by atoms with Gasteiger partial charge in [-0.2, -0.15) is 0 Å². The molecule has 0 saturated carbocycles. The Labute approximate surface area is 159 Å². The molecule has 0 fully saturated rings. The maximum atomic E-state index is 13.0. The topological polar surface area (TPSA) is 58.9 Å². The largest absolute Gasteiger partial charge is 0.507 e. The van der Waals surface area contributed by atoms with E-state index in [4.69, 9.17) is 27.9 Å². The summed E-state index contributed by atoms with van der Waals surface area (Å²) in [7, 11) is 1.49. The first-order valence-electron chi connectivity index (χ1n) is 7.85. The van der Waals surface area contributed by atoms with Crippen LogP contribution in [0, 0.1) is 6.92 Å². The summed E-state index contributed by atoms with van der Waals surface area (Å²) < 4.78 is 5.32. The predicted molar refractivity (Wildman–Crippen MR) is 104 cm³/mol. The summed E-state index contributed by atoms with van der Waals surface area (Å²) in [5.74, 6) is 0.0536. The molecule has 26 heavy (non-hydrogen) atoms. The molecule has 0 spiro atoms. The molecule has 0 radical (unpaired) electrons. The van der Waals surface area contributed by atoms with Crippen LogP contribution in [-0.4, -0.2) is 23.7 Å². The lowest BCUT2D eigenvalue weighted by Crippen LogP contribution is -2.12. The van der Waals surface area contributed by atoms with E-state index >= 15 is 0 Å². The normalized spacial score (nSPS) is 13.1. The summed E-state index contributed by atoms with van der Waals surface area (Å²) in [5, 5.41) is 12.8. The van der Waals surface area contributed by atoms with Crippen LogP contribution < -0.4 is 4.74 Å². The van der Waals surface area contributed by atoms with Gasteiger partial charge in [-0.25, -0.2) is 4.99 Å². The fourth-order valence-electron chi connectivity index (χ4n) is 3.22. The number of phenolic OH excluding ortho intramolecular Hbond substituents is 1. The van der Waals surface area contributed by atoms with Gasteiger partial charge < -0.3 is 9.84 Å². The number of ether oxygens (including phenoxy) is 1. The van der Waals surface area contributed by atoms with Crippen LogP contribution in [0.15, 0.2) is 41.4 Å². The summed E-state index contributed by atoms with van der Waals surface area (Å²) in [4.78, 5) is 17.5. The number of methoxy groups -OCH3 is 1. The van der Waals surface area contributed by atoms with Gasteiger partial charge in [0.2, 0.25) is 5.78 Å². The molecule has 0 atom stereocenters. The Morgan fingerprint density at radius 1 is 1.08 bits per heavy atom.